The highest BCUT2D eigenvalue weighted by molar-refractivity contribution is 7.89. The average molecular weight is 301 g/mol. The van der Waals surface area contributed by atoms with Crippen LogP contribution < -0.4 is 0 Å². The zero-order chi connectivity index (χ0) is 15.0. The molecule has 21 heavy (non-hydrogen) atoms. The zero-order valence-electron chi connectivity index (χ0n) is 12.3. The molecular formula is C17H19NO2S. The molecule has 0 aromatic heterocycles. The van der Waals surface area contributed by atoms with Crippen molar-refractivity contribution < 1.29 is 8.42 Å². The van der Waals surface area contributed by atoms with Gasteiger partial charge in [0.05, 0.1) is 4.90 Å². The van der Waals surface area contributed by atoms with Crippen molar-refractivity contribution >= 4 is 10.0 Å². The van der Waals surface area contributed by atoms with Gasteiger partial charge in [0.1, 0.15) is 0 Å². The number of hydrogen-bond donors (Lipinski definition) is 0. The topological polar surface area (TPSA) is 37.4 Å². The molecule has 1 aliphatic heterocycles. The maximum Gasteiger partial charge on any atom is 0.243 e. The van der Waals surface area contributed by atoms with Crippen LogP contribution in [0.3, 0.4) is 0 Å². The summed E-state index contributed by atoms with van der Waals surface area (Å²) in [6, 6.07) is 13.2. The fourth-order valence-corrected chi connectivity index (χ4v) is 4.26. The summed E-state index contributed by atoms with van der Waals surface area (Å²) in [4.78, 5) is 0.379. The second-order valence-electron chi connectivity index (χ2n) is 5.61. The Balaban J connectivity index is 1.93. The summed E-state index contributed by atoms with van der Waals surface area (Å²) in [6.07, 6.45) is 0.785. The number of sulfonamides is 1. The van der Waals surface area contributed by atoms with Gasteiger partial charge in [-0.05, 0) is 49.1 Å². The molecule has 3 rings (SSSR count). The van der Waals surface area contributed by atoms with E-state index in [0.29, 0.717) is 18.0 Å². The Bertz CT molecular complexity index is 764. The monoisotopic (exact) mass is 301 g/mol. The standard InChI is InChI=1S/C17H19NO2S/c1-13-6-8-16(9-7-13)21(19,20)18-11-10-17-14(2)4-3-5-15(17)12-18/h3-9H,10-12H2,1-2H3. The Morgan fingerprint density at radius 3 is 2.43 bits per heavy atom. The molecule has 0 spiro atoms. The quantitative estimate of drug-likeness (QED) is 0.855. The van der Waals surface area contributed by atoms with E-state index in [1.807, 2.05) is 31.2 Å². The van der Waals surface area contributed by atoms with Gasteiger partial charge < -0.3 is 0 Å². The van der Waals surface area contributed by atoms with Gasteiger partial charge in [0, 0.05) is 13.1 Å². The van der Waals surface area contributed by atoms with Gasteiger partial charge in [-0.2, -0.15) is 4.31 Å². The van der Waals surface area contributed by atoms with Gasteiger partial charge in [-0.3, -0.25) is 0 Å². The van der Waals surface area contributed by atoms with E-state index in [0.717, 1.165) is 17.5 Å². The first-order valence-electron chi connectivity index (χ1n) is 7.12. The second-order valence-corrected chi connectivity index (χ2v) is 7.55. The van der Waals surface area contributed by atoms with E-state index >= 15 is 0 Å². The van der Waals surface area contributed by atoms with Gasteiger partial charge in [-0.25, -0.2) is 8.42 Å². The van der Waals surface area contributed by atoms with Crippen LogP contribution >= 0.6 is 0 Å². The maximum absolute atomic E-state index is 12.7. The molecule has 0 aliphatic carbocycles. The first-order chi connectivity index (χ1) is 9.98. The highest BCUT2D eigenvalue weighted by Crippen LogP contribution is 2.26. The molecule has 0 saturated carbocycles. The molecule has 1 heterocycles. The Hall–Kier alpha value is -1.65. The van der Waals surface area contributed by atoms with Crippen molar-refractivity contribution in [3.8, 4) is 0 Å². The summed E-state index contributed by atoms with van der Waals surface area (Å²) in [5, 5.41) is 0. The van der Waals surface area contributed by atoms with E-state index in [4.69, 9.17) is 0 Å². The molecule has 2 aromatic carbocycles. The predicted octanol–water partition coefficient (Wildman–Crippen LogP) is 3.05. The molecule has 0 saturated heterocycles. The normalized spacial score (nSPS) is 15.7. The molecule has 0 fully saturated rings. The van der Waals surface area contributed by atoms with Crippen LogP contribution in [0.1, 0.15) is 22.3 Å². The molecule has 0 bridgehead atoms. The lowest BCUT2D eigenvalue weighted by Crippen LogP contribution is -2.36. The summed E-state index contributed by atoms with van der Waals surface area (Å²) in [5.41, 5.74) is 4.73. The van der Waals surface area contributed by atoms with Crippen LogP contribution in [-0.4, -0.2) is 19.3 Å². The zero-order valence-corrected chi connectivity index (χ0v) is 13.2. The largest absolute Gasteiger partial charge is 0.243 e. The molecule has 0 N–H and O–H groups in total. The van der Waals surface area contributed by atoms with Crippen molar-refractivity contribution in [3.63, 3.8) is 0 Å². The van der Waals surface area contributed by atoms with E-state index in [-0.39, 0.29) is 0 Å². The number of nitrogens with zero attached hydrogens (tertiary/aromatic N) is 1. The van der Waals surface area contributed by atoms with E-state index in [2.05, 4.69) is 13.0 Å². The minimum absolute atomic E-state index is 0.379. The molecule has 0 atom stereocenters. The number of hydrogen-bond acceptors (Lipinski definition) is 2. The minimum atomic E-state index is -3.40. The Morgan fingerprint density at radius 2 is 1.71 bits per heavy atom. The number of rotatable bonds is 2. The van der Waals surface area contributed by atoms with Crippen LogP contribution in [0.25, 0.3) is 0 Å². The molecule has 3 nitrogen and oxygen atoms in total. The average Bonchev–Trinajstić information content (AvgIpc) is 2.47. The SMILES string of the molecule is Cc1ccc(S(=O)(=O)N2CCc3c(C)cccc3C2)cc1. The van der Waals surface area contributed by atoms with Crippen molar-refractivity contribution in [1.82, 2.24) is 4.31 Å². The Kier molecular flexibility index (Phi) is 3.59. The van der Waals surface area contributed by atoms with Crippen molar-refractivity contribution in [3.05, 3.63) is 64.7 Å². The van der Waals surface area contributed by atoms with Crippen molar-refractivity contribution in [2.24, 2.45) is 0 Å². The fraction of sp³-hybridized carbons (Fsp3) is 0.294. The third kappa shape index (κ3) is 2.61. The van der Waals surface area contributed by atoms with Crippen LogP contribution in [0.2, 0.25) is 0 Å². The first kappa shape index (κ1) is 14.3. The highest BCUT2D eigenvalue weighted by Gasteiger charge is 2.28. The van der Waals surface area contributed by atoms with Gasteiger partial charge in [-0.1, -0.05) is 35.9 Å². The third-order valence-corrected chi connectivity index (χ3v) is 5.98. The molecule has 0 amide bonds. The summed E-state index contributed by atoms with van der Waals surface area (Å²) >= 11 is 0. The maximum atomic E-state index is 12.7. The molecule has 0 unspecified atom stereocenters. The van der Waals surface area contributed by atoms with Gasteiger partial charge >= 0.3 is 0 Å². The van der Waals surface area contributed by atoms with Gasteiger partial charge in [0.15, 0.2) is 0 Å². The molecule has 110 valence electrons. The summed E-state index contributed by atoms with van der Waals surface area (Å²) in [7, 11) is -3.40. The predicted molar refractivity (Wildman–Crippen MR) is 83.7 cm³/mol. The van der Waals surface area contributed by atoms with Gasteiger partial charge in [0.25, 0.3) is 0 Å². The molecular weight excluding hydrogens is 282 g/mol. The fourth-order valence-electron chi connectivity index (χ4n) is 2.84. The minimum Gasteiger partial charge on any atom is -0.207 e. The summed E-state index contributed by atoms with van der Waals surface area (Å²) in [5.74, 6) is 0. The van der Waals surface area contributed by atoms with Gasteiger partial charge in [0.2, 0.25) is 10.0 Å². The van der Waals surface area contributed by atoms with Crippen LogP contribution in [0, 0.1) is 13.8 Å². The van der Waals surface area contributed by atoms with E-state index in [9.17, 15) is 8.42 Å². The molecule has 0 radical (unpaired) electrons. The van der Waals surface area contributed by atoms with E-state index in [1.165, 1.54) is 11.1 Å². The Labute approximate surface area is 126 Å². The van der Waals surface area contributed by atoms with Crippen molar-refractivity contribution in [2.45, 2.75) is 31.7 Å². The molecule has 1 aliphatic rings. The van der Waals surface area contributed by atoms with E-state index < -0.39 is 10.0 Å². The molecule has 4 heteroatoms. The molecule has 2 aromatic rings. The summed E-state index contributed by atoms with van der Waals surface area (Å²) < 4.78 is 27.0. The van der Waals surface area contributed by atoms with Crippen molar-refractivity contribution in [1.29, 1.82) is 0 Å². The lowest BCUT2D eigenvalue weighted by molar-refractivity contribution is 0.390. The van der Waals surface area contributed by atoms with Crippen molar-refractivity contribution in [2.75, 3.05) is 6.54 Å². The lowest BCUT2D eigenvalue weighted by atomic mass is 9.96. The summed E-state index contributed by atoms with van der Waals surface area (Å²) in [6.45, 7) is 5.06. The smallest absolute Gasteiger partial charge is 0.207 e. The van der Waals surface area contributed by atoms with Gasteiger partial charge in [-0.15, -0.1) is 0 Å². The van der Waals surface area contributed by atoms with Crippen LogP contribution in [0.5, 0.6) is 0 Å². The van der Waals surface area contributed by atoms with Crippen LogP contribution in [-0.2, 0) is 23.0 Å². The highest BCUT2D eigenvalue weighted by atomic mass is 32.2. The number of benzene rings is 2. The van der Waals surface area contributed by atoms with E-state index in [1.54, 1.807) is 16.4 Å². The Morgan fingerprint density at radius 1 is 1.00 bits per heavy atom. The second kappa shape index (κ2) is 5.28. The van der Waals surface area contributed by atoms with Crippen LogP contribution in [0.4, 0.5) is 0 Å². The number of aryl methyl sites for hydroxylation is 2. The number of fused-ring (bicyclic) bond motifs is 1. The lowest BCUT2D eigenvalue weighted by Gasteiger charge is -2.29. The first-order valence-corrected chi connectivity index (χ1v) is 8.57. The third-order valence-electron chi connectivity index (χ3n) is 4.12. The van der Waals surface area contributed by atoms with Crippen LogP contribution in [0.15, 0.2) is 47.4 Å².